The van der Waals surface area contributed by atoms with Crippen LogP contribution in [0.2, 0.25) is 0 Å². The second-order valence-corrected chi connectivity index (χ2v) is 3.88. The standard InChI is InChI=1S/C11H9NO3S/c13-11(14)10-2-1-9(5-12-10)15-6-8-3-4-16-7-8/h1-5,7H,6H2,(H,13,14). The Morgan fingerprint density at radius 2 is 2.31 bits per heavy atom. The maximum absolute atomic E-state index is 10.6. The molecule has 2 aromatic heterocycles. The first kappa shape index (κ1) is 10.6. The van der Waals surface area contributed by atoms with Crippen molar-refractivity contribution < 1.29 is 14.6 Å². The maximum Gasteiger partial charge on any atom is 0.354 e. The normalized spacial score (nSPS) is 10.0. The largest absolute Gasteiger partial charge is 0.487 e. The number of carbonyl (C=O) groups is 1. The number of hydrogen-bond donors (Lipinski definition) is 1. The van der Waals surface area contributed by atoms with Gasteiger partial charge in [0.1, 0.15) is 18.1 Å². The van der Waals surface area contributed by atoms with Crippen LogP contribution in [0, 0.1) is 0 Å². The first-order chi connectivity index (χ1) is 7.75. The fraction of sp³-hybridized carbons (Fsp3) is 0.0909. The third-order valence-corrected chi connectivity index (χ3v) is 2.67. The summed E-state index contributed by atoms with van der Waals surface area (Å²) in [7, 11) is 0. The highest BCUT2D eigenvalue weighted by molar-refractivity contribution is 7.07. The van der Waals surface area contributed by atoms with E-state index in [9.17, 15) is 4.79 Å². The fourth-order valence-corrected chi connectivity index (χ4v) is 1.79. The minimum absolute atomic E-state index is 0.0166. The number of nitrogens with zero attached hydrogens (tertiary/aromatic N) is 1. The number of thiophene rings is 1. The zero-order valence-corrected chi connectivity index (χ0v) is 9.11. The molecule has 2 rings (SSSR count). The van der Waals surface area contributed by atoms with Gasteiger partial charge in [-0.1, -0.05) is 0 Å². The Balaban J connectivity index is 1.98. The summed E-state index contributed by atoms with van der Waals surface area (Å²) in [6.45, 7) is 0.470. The zero-order valence-electron chi connectivity index (χ0n) is 8.29. The van der Waals surface area contributed by atoms with Crippen molar-refractivity contribution in [2.24, 2.45) is 0 Å². The van der Waals surface area contributed by atoms with Gasteiger partial charge in [0.15, 0.2) is 0 Å². The quantitative estimate of drug-likeness (QED) is 0.884. The Morgan fingerprint density at radius 3 is 2.88 bits per heavy atom. The van der Waals surface area contributed by atoms with Crippen LogP contribution >= 0.6 is 11.3 Å². The van der Waals surface area contributed by atoms with Crippen LogP contribution in [-0.4, -0.2) is 16.1 Å². The van der Waals surface area contributed by atoms with Crippen molar-refractivity contribution >= 4 is 17.3 Å². The number of rotatable bonds is 4. The number of carboxylic acids is 1. The molecule has 0 saturated carbocycles. The highest BCUT2D eigenvalue weighted by atomic mass is 32.1. The van der Waals surface area contributed by atoms with E-state index in [4.69, 9.17) is 9.84 Å². The van der Waals surface area contributed by atoms with Crippen molar-refractivity contribution in [2.75, 3.05) is 0 Å². The van der Waals surface area contributed by atoms with Gasteiger partial charge in [0.25, 0.3) is 0 Å². The highest BCUT2D eigenvalue weighted by Crippen LogP contribution is 2.13. The molecule has 0 radical (unpaired) electrons. The molecule has 1 N–H and O–H groups in total. The SMILES string of the molecule is O=C(O)c1ccc(OCc2ccsc2)cn1. The van der Waals surface area contributed by atoms with Crippen LogP contribution in [-0.2, 0) is 6.61 Å². The summed E-state index contributed by atoms with van der Waals surface area (Å²) in [5, 5.41) is 12.6. The minimum atomic E-state index is -1.04. The average molecular weight is 235 g/mol. The molecule has 16 heavy (non-hydrogen) atoms. The molecule has 0 saturated heterocycles. The monoisotopic (exact) mass is 235 g/mol. The van der Waals surface area contributed by atoms with Gasteiger partial charge in [-0.15, -0.1) is 0 Å². The van der Waals surface area contributed by atoms with Gasteiger partial charge in [0, 0.05) is 0 Å². The molecule has 0 amide bonds. The van der Waals surface area contributed by atoms with E-state index >= 15 is 0 Å². The molecule has 0 aromatic carbocycles. The maximum atomic E-state index is 10.6. The van der Waals surface area contributed by atoms with E-state index < -0.39 is 5.97 Å². The predicted molar refractivity (Wildman–Crippen MR) is 59.8 cm³/mol. The van der Waals surface area contributed by atoms with E-state index in [0.717, 1.165) is 5.56 Å². The Kier molecular flexibility index (Phi) is 3.16. The molecule has 0 aliphatic rings. The summed E-state index contributed by atoms with van der Waals surface area (Å²) in [5.41, 5.74) is 1.11. The van der Waals surface area contributed by atoms with E-state index in [-0.39, 0.29) is 5.69 Å². The molecule has 0 atom stereocenters. The van der Waals surface area contributed by atoms with Crippen LogP contribution in [0.5, 0.6) is 5.75 Å². The topological polar surface area (TPSA) is 59.4 Å². The third-order valence-electron chi connectivity index (χ3n) is 1.94. The van der Waals surface area contributed by atoms with E-state index in [1.807, 2.05) is 16.8 Å². The molecular formula is C11H9NO3S. The molecule has 82 valence electrons. The molecular weight excluding hydrogens is 226 g/mol. The number of aromatic carboxylic acids is 1. The van der Waals surface area contributed by atoms with Gasteiger partial charge in [0.05, 0.1) is 6.20 Å². The third kappa shape index (κ3) is 2.58. The molecule has 2 aromatic rings. The van der Waals surface area contributed by atoms with Gasteiger partial charge >= 0.3 is 5.97 Å². The van der Waals surface area contributed by atoms with E-state index in [1.165, 1.54) is 12.3 Å². The van der Waals surface area contributed by atoms with Crippen molar-refractivity contribution in [1.29, 1.82) is 0 Å². The van der Waals surface area contributed by atoms with Crippen LogP contribution in [0.25, 0.3) is 0 Å². The van der Waals surface area contributed by atoms with E-state index in [2.05, 4.69) is 4.98 Å². The second kappa shape index (κ2) is 4.76. The van der Waals surface area contributed by atoms with Gasteiger partial charge < -0.3 is 9.84 Å². The minimum Gasteiger partial charge on any atom is -0.487 e. The summed E-state index contributed by atoms with van der Waals surface area (Å²) < 4.78 is 5.44. The summed E-state index contributed by atoms with van der Waals surface area (Å²) >= 11 is 1.61. The number of aromatic nitrogens is 1. The molecule has 0 spiro atoms. The lowest BCUT2D eigenvalue weighted by Gasteiger charge is -2.03. The lowest BCUT2D eigenvalue weighted by Crippen LogP contribution is -2.00. The number of pyridine rings is 1. The zero-order chi connectivity index (χ0) is 11.4. The number of ether oxygens (including phenoxy) is 1. The number of carboxylic acid groups (broad SMARTS) is 1. The molecule has 0 unspecified atom stereocenters. The Labute approximate surface area is 96.1 Å². The van der Waals surface area contributed by atoms with Crippen molar-refractivity contribution in [2.45, 2.75) is 6.61 Å². The first-order valence-electron chi connectivity index (χ1n) is 4.59. The molecule has 2 heterocycles. The van der Waals surface area contributed by atoms with Crippen LogP contribution in [0.3, 0.4) is 0 Å². The molecule has 0 fully saturated rings. The van der Waals surface area contributed by atoms with E-state index in [0.29, 0.717) is 12.4 Å². The number of hydrogen-bond acceptors (Lipinski definition) is 4. The van der Waals surface area contributed by atoms with Crippen LogP contribution < -0.4 is 4.74 Å². The van der Waals surface area contributed by atoms with Crippen molar-refractivity contribution in [3.63, 3.8) is 0 Å². The Bertz CT molecular complexity index is 464. The van der Waals surface area contributed by atoms with Crippen molar-refractivity contribution in [3.05, 3.63) is 46.4 Å². The Morgan fingerprint density at radius 1 is 1.44 bits per heavy atom. The summed E-state index contributed by atoms with van der Waals surface area (Å²) in [5.74, 6) is -0.472. The molecule has 0 aliphatic carbocycles. The lowest BCUT2D eigenvalue weighted by molar-refractivity contribution is 0.0690. The van der Waals surface area contributed by atoms with Gasteiger partial charge in [-0.3, -0.25) is 0 Å². The Hall–Kier alpha value is -1.88. The van der Waals surface area contributed by atoms with Gasteiger partial charge in [0.2, 0.25) is 0 Å². The van der Waals surface area contributed by atoms with Crippen LogP contribution in [0.1, 0.15) is 16.1 Å². The summed E-state index contributed by atoms with van der Waals surface area (Å²) in [6.07, 6.45) is 1.41. The molecule has 4 nitrogen and oxygen atoms in total. The second-order valence-electron chi connectivity index (χ2n) is 3.10. The van der Waals surface area contributed by atoms with Gasteiger partial charge in [-0.2, -0.15) is 11.3 Å². The lowest BCUT2D eigenvalue weighted by atomic mass is 10.3. The van der Waals surface area contributed by atoms with Crippen LogP contribution in [0.15, 0.2) is 35.2 Å². The molecule has 5 heteroatoms. The van der Waals surface area contributed by atoms with E-state index in [1.54, 1.807) is 17.4 Å². The average Bonchev–Trinajstić information content (AvgIpc) is 2.80. The predicted octanol–water partition coefficient (Wildman–Crippen LogP) is 2.42. The van der Waals surface area contributed by atoms with Crippen LogP contribution in [0.4, 0.5) is 0 Å². The molecule has 0 aliphatic heterocycles. The van der Waals surface area contributed by atoms with Crippen molar-refractivity contribution in [1.82, 2.24) is 4.98 Å². The highest BCUT2D eigenvalue weighted by Gasteiger charge is 2.03. The fourth-order valence-electron chi connectivity index (χ4n) is 1.13. The summed E-state index contributed by atoms with van der Waals surface area (Å²) in [6, 6.07) is 5.00. The van der Waals surface area contributed by atoms with Gasteiger partial charge in [-0.25, -0.2) is 9.78 Å². The summed E-state index contributed by atoms with van der Waals surface area (Å²) in [4.78, 5) is 14.3. The van der Waals surface area contributed by atoms with Gasteiger partial charge in [-0.05, 0) is 34.5 Å². The first-order valence-corrected chi connectivity index (χ1v) is 5.53. The molecule has 0 bridgehead atoms. The van der Waals surface area contributed by atoms with Crippen molar-refractivity contribution in [3.8, 4) is 5.75 Å². The smallest absolute Gasteiger partial charge is 0.354 e.